The van der Waals surface area contributed by atoms with Crippen LogP contribution in [0.5, 0.6) is 0 Å². The maximum Gasteiger partial charge on any atom is 0.256 e. The SMILES string of the molecule is CCN(CC)CCCNC(=S)OCc1ccccc1. The third kappa shape index (κ3) is 7.13. The van der Waals surface area contributed by atoms with Gasteiger partial charge < -0.3 is 15.0 Å². The molecule has 0 spiro atoms. The van der Waals surface area contributed by atoms with Crippen molar-refractivity contribution in [3.8, 4) is 0 Å². The molecule has 1 aromatic rings. The predicted molar refractivity (Wildman–Crippen MR) is 84.2 cm³/mol. The van der Waals surface area contributed by atoms with Gasteiger partial charge in [-0.25, -0.2) is 0 Å². The fraction of sp³-hybridized carbons (Fsp3) is 0.533. The van der Waals surface area contributed by atoms with E-state index in [0.717, 1.165) is 38.2 Å². The number of nitrogens with one attached hydrogen (secondary N) is 1. The standard InChI is InChI=1S/C15H24N2OS/c1-3-17(4-2)12-8-11-16-15(19)18-13-14-9-6-5-7-10-14/h5-7,9-10H,3-4,8,11-13H2,1-2H3,(H,16,19). The molecular formula is C15H24N2OS. The smallest absolute Gasteiger partial charge is 0.256 e. The third-order valence-electron chi connectivity index (χ3n) is 3.03. The van der Waals surface area contributed by atoms with E-state index in [0.29, 0.717) is 11.8 Å². The van der Waals surface area contributed by atoms with Crippen LogP contribution < -0.4 is 5.32 Å². The van der Waals surface area contributed by atoms with Gasteiger partial charge >= 0.3 is 0 Å². The minimum atomic E-state index is 0.489. The lowest BCUT2D eigenvalue weighted by atomic mass is 10.2. The molecule has 19 heavy (non-hydrogen) atoms. The Bertz CT molecular complexity index is 352. The summed E-state index contributed by atoms with van der Waals surface area (Å²) >= 11 is 5.14. The second-order valence-corrected chi connectivity index (χ2v) is 4.74. The number of nitrogens with zero attached hydrogens (tertiary/aromatic N) is 1. The summed E-state index contributed by atoms with van der Waals surface area (Å²) in [4.78, 5) is 2.40. The maximum absolute atomic E-state index is 5.49. The lowest BCUT2D eigenvalue weighted by Crippen LogP contribution is -2.30. The van der Waals surface area contributed by atoms with Gasteiger partial charge in [-0.05, 0) is 43.8 Å². The molecule has 0 aromatic heterocycles. The average molecular weight is 280 g/mol. The van der Waals surface area contributed by atoms with Gasteiger partial charge in [0.1, 0.15) is 6.61 Å². The number of rotatable bonds is 8. The topological polar surface area (TPSA) is 24.5 Å². The molecule has 0 saturated carbocycles. The molecule has 1 aromatic carbocycles. The highest BCUT2D eigenvalue weighted by Crippen LogP contribution is 2.00. The molecule has 106 valence electrons. The number of hydrogen-bond donors (Lipinski definition) is 1. The largest absolute Gasteiger partial charge is 0.466 e. The van der Waals surface area contributed by atoms with Crippen molar-refractivity contribution in [3.05, 3.63) is 35.9 Å². The van der Waals surface area contributed by atoms with Gasteiger partial charge in [0, 0.05) is 6.54 Å². The normalized spacial score (nSPS) is 10.5. The zero-order valence-electron chi connectivity index (χ0n) is 11.9. The van der Waals surface area contributed by atoms with E-state index in [9.17, 15) is 0 Å². The van der Waals surface area contributed by atoms with Gasteiger partial charge in [0.2, 0.25) is 0 Å². The van der Waals surface area contributed by atoms with Crippen molar-refractivity contribution in [2.75, 3.05) is 26.2 Å². The molecule has 0 amide bonds. The Balaban J connectivity index is 2.08. The highest BCUT2D eigenvalue weighted by Gasteiger charge is 2.00. The molecule has 0 bridgehead atoms. The molecule has 0 aliphatic carbocycles. The van der Waals surface area contributed by atoms with E-state index in [-0.39, 0.29) is 0 Å². The molecule has 1 N–H and O–H groups in total. The van der Waals surface area contributed by atoms with Crippen molar-refractivity contribution in [3.63, 3.8) is 0 Å². The molecule has 0 aliphatic heterocycles. The van der Waals surface area contributed by atoms with Crippen LogP contribution in [0.2, 0.25) is 0 Å². The first kappa shape index (κ1) is 15.9. The molecule has 0 saturated heterocycles. The summed E-state index contributed by atoms with van der Waals surface area (Å²) in [6.45, 7) is 9.07. The molecule has 0 atom stereocenters. The summed E-state index contributed by atoms with van der Waals surface area (Å²) in [6.07, 6.45) is 1.08. The molecule has 0 aliphatic rings. The van der Waals surface area contributed by atoms with E-state index in [1.165, 1.54) is 0 Å². The van der Waals surface area contributed by atoms with E-state index < -0.39 is 0 Å². The Morgan fingerprint density at radius 1 is 1.21 bits per heavy atom. The summed E-state index contributed by atoms with van der Waals surface area (Å²) in [7, 11) is 0. The molecule has 4 heteroatoms. The van der Waals surface area contributed by atoms with E-state index in [2.05, 4.69) is 24.1 Å². The van der Waals surface area contributed by atoms with Gasteiger partial charge in [0.15, 0.2) is 0 Å². The van der Waals surface area contributed by atoms with Crippen LogP contribution in [0.15, 0.2) is 30.3 Å². The number of benzene rings is 1. The Kier molecular flexibility index (Phi) is 8.18. The summed E-state index contributed by atoms with van der Waals surface area (Å²) in [5, 5.41) is 3.63. The van der Waals surface area contributed by atoms with Crippen molar-refractivity contribution in [2.45, 2.75) is 26.9 Å². The number of ether oxygens (including phenoxy) is 1. The van der Waals surface area contributed by atoms with E-state index in [1.807, 2.05) is 30.3 Å². The molecular weight excluding hydrogens is 256 g/mol. The van der Waals surface area contributed by atoms with Gasteiger partial charge in [-0.3, -0.25) is 0 Å². The first-order valence-electron chi connectivity index (χ1n) is 6.93. The lowest BCUT2D eigenvalue weighted by molar-refractivity contribution is 0.279. The van der Waals surface area contributed by atoms with Gasteiger partial charge in [0.05, 0.1) is 0 Å². The Morgan fingerprint density at radius 3 is 2.53 bits per heavy atom. The van der Waals surface area contributed by atoms with Crippen LogP contribution in [-0.2, 0) is 11.3 Å². The third-order valence-corrected chi connectivity index (χ3v) is 3.29. The molecule has 0 fully saturated rings. The molecule has 0 heterocycles. The van der Waals surface area contributed by atoms with Crippen molar-refractivity contribution < 1.29 is 4.74 Å². The van der Waals surface area contributed by atoms with Crippen LogP contribution in [-0.4, -0.2) is 36.3 Å². The van der Waals surface area contributed by atoms with Crippen LogP contribution in [0.3, 0.4) is 0 Å². The Hall–Kier alpha value is -1.13. The van der Waals surface area contributed by atoms with Crippen LogP contribution in [0, 0.1) is 0 Å². The highest BCUT2D eigenvalue weighted by atomic mass is 32.1. The summed E-state index contributed by atoms with van der Waals surface area (Å²) in [6, 6.07) is 10.1. The van der Waals surface area contributed by atoms with Gasteiger partial charge in [0.25, 0.3) is 5.17 Å². The Labute approximate surface area is 121 Å². The van der Waals surface area contributed by atoms with Crippen molar-refractivity contribution >= 4 is 17.4 Å². The average Bonchev–Trinajstić information content (AvgIpc) is 2.46. The van der Waals surface area contributed by atoms with E-state index >= 15 is 0 Å². The lowest BCUT2D eigenvalue weighted by Gasteiger charge is -2.18. The van der Waals surface area contributed by atoms with Crippen molar-refractivity contribution in [1.82, 2.24) is 10.2 Å². The molecule has 0 radical (unpaired) electrons. The zero-order chi connectivity index (χ0) is 13.9. The summed E-state index contributed by atoms with van der Waals surface area (Å²) in [5.41, 5.74) is 1.13. The van der Waals surface area contributed by atoms with Crippen molar-refractivity contribution in [2.24, 2.45) is 0 Å². The van der Waals surface area contributed by atoms with Crippen LogP contribution in [0.4, 0.5) is 0 Å². The first-order chi connectivity index (χ1) is 9.26. The fourth-order valence-electron chi connectivity index (χ4n) is 1.81. The van der Waals surface area contributed by atoms with Gasteiger partial charge in [-0.1, -0.05) is 44.2 Å². The van der Waals surface area contributed by atoms with Crippen LogP contribution >= 0.6 is 12.2 Å². The minimum absolute atomic E-state index is 0.489. The Morgan fingerprint density at radius 2 is 1.89 bits per heavy atom. The monoisotopic (exact) mass is 280 g/mol. The summed E-state index contributed by atoms with van der Waals surface area (Å²) in [5.74, 6) is 0. The number of thiocarbonyl (C=S) groups is 1. The first-order valence-corrected chi connectivity index (χ1v) is 7.34. The van der Waals surface area contributed by atoms with Crippen LogP contribution in [0.25, 0.3) is 0 Å². The molecule has 1 rings (SSSR count). The number of hydrogen-bond acceptors (Lipinski definition) is 3. The predicted octanol–water partition coefficient (Wildman–Crippen LogP) is 2.81. The second-order valence-electron chi connectivity index (χ2n) is 4.37. The van der Waals surface area contributed by atoms with Crippen LogP contribution in [0.1, 0.15) is 25.8 Å². The molecule has 0 unspecified atom stereocenters. The quantitative estimate of drug-likeness (QED) is 0.584. The highest BCUT2D eigenvalue weighted by molar-refractivity contribution is 7.80. The van der Waals surface area contributed by atoms with E-state index in [1.54, 1.807) is 0 Å². The second kappa shape index (κ2) is 9.75. The van der Waals surface area contributed by atoms with Gasteiger partial charge in [-0.15, -0.1) is 0 Å². The van der Waals surface area contributed by atoms with E-state index in [4.69, 9.17) is 17.0 Å². The fourth-order valence-corrected chi connectivity index (χ4v) is 1.97. The maximum atomic E-state index is 5.49. The summed E-state index contributed by atoms with van der Waals surface area (Å²) < 4.78 is 5.49. The van der Waals surface area contributed by atoms with Crippen molar-refractivity contribution in [1.29, 1.82) is 0 Å². The zero-order valence-corrected chi connectivity index (χ0v) is 12.7. The molecule has 3 nitrogen and oxygen atoms in total. The minimum Gasteiger partial charge on any atom is -0.466 e. The van der Waals surface area contributed by atoms with Gasteiger partial charge in [-0.2, -0.15) is 0 Å².